The monoisotopic (exact) mass is 444 g/mol. The molecule has 6 nitrogen and oxygen atoms in total. The lowest BCUT2D eigenvalue weighted by molar-refractivity contribution is -0.128. The molecule has 0 radical (unpaired) electrons. The second kappa shape index (κ2) is 9.03. The van der Waals surface area contributed by atoms with Crippen LogP contribution in [-0.4, -0.2) is 45.1 Å². The Morgan fingerprint density at radius 2 is 2.03 bits per heavy atom. The zero-order valence-corrected chi connectivity index (χ0v) is 17.8. The van der Waals surface area contributed by atoms with E-state index in [0.717, 1.165) is 11.0 Å². The fourth-order valence-corrected chi connectivity index (χ4v) is 3.26. The molecule has 2 N–H and O–H groups in total. The highest BCUT2D eigenvalue weighted by molar-refractivity contribution is 7.81. The fraction of sp³-hybridized carbons (Fsp3) is 0.450. The quantitative estimate of drug-likeness (QED) is 0.653. The van der Waals surface area contributed by atoms with E-state index in [2.05, 4.69) is 5.32 Å². The van der Waals surface area contributed by atoms with Crippen LogP contribution in [0.3, 0.4) is 0 Å². The van der Waals surface area contributed by atoms with Gasteiger partial charge in [0, 0.05) is 30.1 Å². The van der Waals surface area contributed by atoms with Crippen molar-refractivity contribution in [2.75, 3.05) is 5.32 Å². The molecule has 0 spiro atoms. The lowest BCUT2D eigenvalue weighted by atomic mass is 10.0. The molecule has 2 rings (SSSR count). The molecule has 0 saturated heterocycles. The van der Waals surface area contributed by atoms with Crippen molar-refractivity contribution >= 4 is 34.9 Å². The Labute approximate surface area is 177 Å². The van der Waals surface area contributed by atoms with Crippen LogP contribution in [0.5, 0.6) is 0 Å². The van der Waals surface area contributed by atoms with Crippen LogP contribution in [0, 0.1) is 5.82 Å². The Morgan fingerprint density at radius 1 is 1.40 bits per heavy atom. The molecule has 164 valence electrons. The zero-order chi connectivity index (χ0) is 22.8. The van der Waals surface area contributed by atoms with Gasteiger partial charge in [-0.2, -0.15) is 0 Å². The summed E-state index contributed by atoms with van der Waals surface area (Å²) in [6.07, 6.45) is -4.65. The lowest BCUT2D eigenvalue weighted by Crippen LogP contribution is -2.50. The van der Waals surface area contributed by atoms with Crippen LogP contribution in [0.4, 0.5) is 23.7 Å². The van der Waals surface area contributed by atoms with Gasteiger partial charge in [0.25, 0.3) is 5.91 Å². The molecule has 10 heteroatoms. The SMILES string of the molecule is C[C@@H]1CC(O)=C(C(=S)Nc2cccc(F)c2CC(F)F)C(=O)N1C(=O)OC(C)(C)C. The third-order valence-corrected chi connectivity index (χ3v) is 4.50. The highest BCUT2D eigenvalue weighted by Crippen LogP contribution is 2.28. The summed E-state index contributed by atoms with van der Waals surface area (Å²) in [5, 5.41) is 12.9. The molecule has 1 heterocycles. The molecule has 0 aliphatic carbocycles. The van der Waals surface area contributed by atoms with Crippen LogP contribution in [0.15, 0.2) is 29.5 Å². The van der Waals surface area contributed by atoms with E-state index < -0.39 is 42.3 Å². The first-order chi connectivity index (χ1) is 13.8. The van der Waals surface area contributed by atoms with E-state index in [-0.39, 0.29) is 34.0 Å². The number of halogens is 3. The highest BCUT2D eigenvalue weighted by atomic mass is 32.1. The Morgan fingerprint density at radius 3 is 2.60 bits per heavy atom. The maximum absolute atomic E-state index is 14.0. The number of alkyl halides is 2. The zero-order valence-electron chi connectivity index (χ0n) is 17.0. The summed E-state index contributed by atoms with van der Waals surface area (Å²) in [4.78, 5) is 25.9. The predicted molar refractivity (Wildman–Crippen MR) is 109 cm³/mol. The Bertz CT molecular complexity index is 897. The summed E-state index contributed by atoms with van der Waals surface area (Å²) in [6, 6.07) is 2.95. The number of hydrogen-bond acceptors (Lipinski definition) is 5. The van der Waals surface area contributed by atoms with Gasteiger partial charge in [0.2, 0.25) is 6.43 Å². The smallest absolute Gasteiger partial charge is 0.417 e. The minimum Gasteiger partial charge on any atom is -0.511 e. The van der Waals surface area contributed by atoms with Crippen molar-refractivity contribution in [3.63, 3.8) is 0 Å². The predicted octanol–water partition coefficient (Wildman–Crippen LogP) is 4.74. The summed E-state index contributed by atoms with van der Waals surface area (Å²) in [7, 11) is 0. The molecule has 0 fully saturated rings. The molecule has 1 atom stereocenters. The molecule has 2 amide bonds. The largest absolute Gasteiger partial charge is 0.511 e. The van der Waals surface area contributed by atoms with Crippen molar-refractivity contribution in [2.45, 2.75) is 58.6 Å². The molecule has 30 heavy (non-hydrogen) atoms. The van der Waals surface area contributed by atoms with Gasteiger partial charge in [-0.1, -0.05) is 18.3 Å². The van der Waals surface area contributed by atoms with Gasteiger partial charge < -0.3 is 15.2 Å². The van der Waals surface area contributed by atoms with Gasteiger partial charge in [-0.25, -0.2) is 22.9 Å². The van der Waals surface area contributed by atoms with Crippen molar-refractivity contribution < 1.29 is 32.6 Å². The number of hydrogen-bond donors (Lipinski definition) is 2. The minimum absolute atomic E-state index is 0.0594. The average Bonchev–Trinajstić information content (AvgIpc) is 2.55. The lowest BCUT2D eigenvalue weighted by Gasteiger charge is -2.34. The topological polar surface area (TPSA) is 78.9 Å². The number of amides is 2. The van der Waals surface area contributed by atoms with E-state index in [1.807, 2.05) is 0 Å². The van der Waals surface area contributed by atoms with Gasteiger partial charge in [0.1, 0.15) is 27.7 Å². The molecule has 0 bridgehead atoms. The number of imide groups is 1. The van der Waals surface area contributed by atoms with E-state index in [1.54, 1.807) is 27.7 Å². The molecule has 0 saturated carbocycles. The van der Waals surface area contributed by atoms with Crippen LogP contribution in [-0.2, 0) is 16.0 Å². The van der Waals surface area contributed by atoms with E-state index in [4.69, 9.17) is 17.0 Å². The van der Waals surface area contributed by atoms with Crippen LogP contribution in [0.25, 0.3) is 0 Å². The van der Waals surface area contributed by atoms with Crippen molar-refractivity contribution in [1.29, 1.82) is 0 Å². The number of carbonyl (C=O) groups excluding carboxylic acids is 2. The second-order valence-electron chi connectivity index (χ2n) is 7.85. The molecular weight excluding hydrogens is 421 g/mol. The van der Waals surface area contributed by atoms with Crippen LogP contribution < -0.4 is 5.32 Å². The van der Waals surface area contributed by atoms with Gasteiger partial charge in [-0.15, -0.1) is 0 Å². The number of aliphatic hydroxyl groups excluding tert-OH is 1. The van der Waals surface area contributed by atoms with Crippen LogP contribution >= 0.6 is 12.2 Å². The third kappa shape index (κ3) is 5.50. The number of anilines is 1. The Kier molecular flexibility index (Phi) is 7.12. The molecule has 1 aromatic carbocycles. The van der Waals surface area contributed by atoms with Gasteiger partial charge in [0.05, 0.1) is 0 Å². The summed E-state index contributed by atoms with van der Waals surface area (Å²) >= 11 is 5.18. The molecule has 1 aromatic rings. The maximum Gasteiger partial charge on any atom is 0.417 e. The fourth-order valence-electron chi connectivity index (χ4n) is 2.94. The molecule has 1 aliphatic heterocycles. The standard InChI is InChI=1S/C20H23F3N2O4S/c1-10-8-14(26)16(18(27)25(10)19(28)29-20(2,3)4)17(30)24-13-7-5-6-12(21)11(13)9-15(22)23/h5-7,10,15,26H,8-9H2,1-4H3,(H,24,30)/t10-/m1/s1. The first kappa shape index (κ1) is 23.7. The van der Waals surface area contributed by atoms with Crippen molar-refractivity contribution in [3.05, 3.63) is 40.9 Å². The van der Waals surface area contributed by atoms with E-state index in [0.29, 0.717) is 0 Å². The molecule has 0 unspecified atom stereocenters. The summed E-state index contributed by atoms with van der Waals surface area (Å²) in [6.45, 7) is 6.47. The van der Waals surface area contributed by atoms with E-state index in [1.165, 1.54) is 12.1 Å². The Balaban J connectivity index is 2.33. The number of ether oxygens (including phenoxy) is 1. The number of rotatable bonds is 4. The molecular formula is C20H23F3N2O4S. The van der Waals surface area contributed by atoms with Gasteiger partial charge in [0.15, 0.2) is 0 Å². The maximum atomic E-state index is 14.0. The van der Waals surface area contributed by atoms with Crippen molar-refractivity contribution in [2.24, 2.45) is 0 Å². The van der Waals surface area contributed by atoms with Gasteiger partial charge in [-0.05, 0) is 39.8 Å². The number of nitrogens with zero attached hydrogens (tertiary/aromatic N) is 1. The number of nitrogens with one attached hydrogen (secondary N) is 1. The third-order valence-electron chi connectivity index (χ3n) is 4.19. The van der Waals surface area contributed by atoms with Crippen LogP contribution in [0.1, 0.15) is 39.7 Å². The molecule has 0 aromatic heterocycles. The Hall–Kier alpha value is -2.62. The van der Waals surface area contributed by atoms with Crippen LogP contribution in [0.2, 0.25) is 0 Å². The summed E-state index contributed by atoms with van der Waals surface area (Å²) in [5.41, 5.74) is -1.60. The first-order valence-electron chi connectivity index (χ1n) is 9.17. The van der Waals surface area contributed by atoms with Gasteiger partial charge >= 0.3 is 6.09 Å². The van der Waals surface area contributed by atoms with Crippen molar-refractivity contribution in [3.8, 4) is 0 Å². The van der Waals surface area contributed by atoms with Gasteiger partial charge in [-0.3, -0.25) is 4.79 Å². The first-order valence-corrected chi connectivity index (χ1v) is 9.58. The number of carbonyl (C=O) groups is 2. The molecule has 1 aliphatic rings. The highest BCUT2D eigenvalue weighted by Gasteiger charge is 2.40. The summed E-state index contributed by atoms with van der Waals surface area (Å²) < 4.78 is 44.9. The van der Waals surface area contributed by atoms with E-state index >= 15 is 0 Å². The number of thiocarbonyl (C=S) groups is 1. The normalized spacial score (nSPS) is 17.4. The second-order valence-corrected chi connectivity index (χ2v) is 8.25. The summed E-state index contributed by atoms with van der Waals surface area (Å²) in [5.74, 6) is -2.12. The van der Waals surface area contributed by atoms with E-state index in [9.17, 15) is 27.9 Å². The minimum atomic E-state index is -2.80. The number of aliphatic hydroxyl groups is 1. The van der Waals surface area contributed by atoms with Crippen molar-refractivity contribution in [1.82, 2.24) is 4.90 Å². The number of benzene rings is 1. The average molecular weight is 444 g/mol.